The van der Waals surface area contributed by atoms with Crippen LogP contribution >= 0.6 is 0 Å². The van der Waals surface area contributed by atoms with Gasteiger partial charge in [0.2, 0.25) is 5.95 Å². The van der Waals surface area contributed by atoms with E-state index < -0.39 is 31.1 Å². The van der Waals surface area contributed by atoms with Gasteiger partial charge in [-0.1, -0.05) is 0 Å². The van der Waals surface area contributed by atoms with E-state index in [1.807, 2.05) is 0 Å². The largest absolute Gasteiger partial charge is 0.394 e. The Labute approximate surface area is 142 Å². The van der Waals surface area contributed by atoms with E-state index >= 15 is 0 Å². The van der Waals surface area contributed by atoms with Crippen molar-refractivity contribution in [2.45, 2.75) is 37.4 Å². The molecule has 0 bridgehead atoms. The lowest BCUT2D eigenvalue weighted by Gasteiger charge is -2.17. The maximum absolute atomic E-state index is 10.2. The van der Waals surface area contributed by atoms with Crippen LogP contribution in [0.15, 0.2) is 6.33 Å². The van der Waals surface area contributed by atoms with Crippen LogP contribution < -0.4 is 16.6 Å². The van der Waals surface area contributed by atoms with Crippen LogP contribution in [0.25, 0.3) is 11.2 Å². The number of nitrogen functional groups attached to an aromatic ring is 1. The number of fused-ring (bicyclic) bond motifs is 1. The van der Waals surface area contributed by atoms with Gasteiger partial charge in [-0.3, -0.25) is 9.99 Å². The number of nitrogens with one attached hydrogen (secondary N) is 2. The molecular weight excluding hydrogens is 330 g/mol. The van der Waals surface area contributed by atoms with E-state index in [1.54, 1.807) is 0 Å². The summed E-state index contributed by atoms with van der Waals surface area (Å²) in [6, 6.07) is 0. The van der Waals surface area contributed by atoms with Gasteiger partial charge >= 0.3 is 0 Å². The minimum absolute atomic E-state index is 0.194. The van der Waals surface area contributed by atoms with E-state index in [1.165, 1.54) is 23.7 Å². The zero-order valence-electron chi connectivity index (χ0n) is 13.4. The molecule has 0 aromatic carbocycles. The van der Waals surface area contributed by atoms with Gasteiger partial charge in [-0.15, -0.1) is 0 Å². The van der Waals surface area contributed by atoms with Crippen molar-refractivity contribution in [3.8, 4) is 0 Å². The number of aliphatic hydroxyl groups is 3. The molecule has 0 spiro atoms. The fourth-order valence-electron chi connectivity index (χ4n) is 2.96. The molecule has 4 atom stereocenters. The fraction of sp³-hybridized carbons (Fsp3) is 0.643. The number of hydrogen-bond donors (Lipinski definition) is 6. The highest BCUT2D eigenvalue weighted by atomic mass is 16.6. The molecule has 1 saturated heterocycles. The summed E-state index contributed by atoms with van der Waals surface area (Å²) in [7, 11) is 0. The fourth-order valence-corrected chi connectivity index (χ4v) is 2.96. The zero-order valence-corrected chi connectivity index (χ0v) is 13.4. The van der Waals surface area contributed by atoms with Crippen LogP contribution in [0.2, 0.25) is 0 Å². The Balaban J connectivity index is 1.71. The SMILES string of the molecule is NNc1nc(NCC2CC2)c2ncn([C@@H]3O[C@H](CO)[C@@H](O)[C@H]3O)c2n1. The van der Waals surface area contributed by atoms with Crippen LogP contribution in [0, 0.1) is 5.92 Å². The van der Waals surface area contributed by atoms with Crippen LogP contribution in [0.5, 0.6) is 0 Å². The second-order valence-electron chi connectivity index (χ2n) is 6.42. The molecule has 136 valence electrons. The van der Waals surface area contributed by atoms with Crippen molar-refractivity contribution >= 4 is 22.9 Å². The number of hydrazine groups is 1. The van der Waals surface area contributed by atoms with E-state index in [9.17, 15) is 15.3 Å². The first kappa shape index (κ1) is 16.4. The molecule has 0 radical (unpaired) electrons. The second-order valence-corrected chi connectivity index (χ2v) is 6.42. The highest BCUT2D eigenvalue weighted by Gasteiger charge is 2.44. The van der Waals surface area contributed by atoms with Gasteiger partial charge in [0.25, 0.3) is 0 Å². The molecule has 1 aliphatic carbocycles. The molecular formula is C14H21N7O4. The van der Waals surface area contributed by atoms with Gasteiger partial charge in [-0.25, -0.2) is 10.8 Å². The van der Waals surface area contributed by atoms with Gasteiger partial charge in [0.1, 0.15) is 18.3 Å². The third kappa shape index (κ3) is 2.89. The first-order valence-corrected chi connectivity index (χ1v) is 8.20. The quantitative estimate of drug-likeness (QED) is 0.268. The molecule has 11 nitrogen and oxygen atoms in total. The van der Waals surface area contributed by atoms with Crippen molar-refractivity contribution in [3.63, 3.8) is 0 Å². The molecule has 2 aliphatic rings. The van der Waals surface area contributed by atoms with Crippen LogP contribution in [0.4, 0.5) is 11.8 Å². The molecule has 11 heteroatoms. The molecule has 1 aliphatic heterocycles. The first-order valence-electron chi connectivity index (χ1n) is 8.20. The highest BCUT2D eigenvalue weighted by molar-refractivity contribution is 5.84. The van der Waals surface area contributed by atoms with E-state index in [4.69, 9.17) is 10.6 Å². The average molecular weight is 351 g/mol. The molecule has 1 saturated carbocycles. The second kappa shape index (κ2) is 6.35. The standard InChI is InChI=1S/C14H21N7O4/c15-20-14-18-11(16-3-6-1-2-6)8-12(19-14)21(5-17-8)13-10(24)9(23)7(4-22)25-13/h5-7,9-10,13,22-24H,1-4,15H2,(H2,16,18,19,20)/t7-,9-,10-,13-/m1/s1. The number of ether oxygens (including phenoxy) is 1. The predicted octanol–water partition coefficient (Wildman–Crippen LogP) is -1.45. The van der Waals surface area contributed by atoms with Gasteiger partial charge in [0.05, 0.1) is 12.9 Å². The van der Waals surface area contributed by atoms with E-state index in [0.29, 0.717) is 22.9 Å². The number of imidazole rings is 1. The minimum Gasteiger partial charge on any atom is -0.394 e. The third-order valence-corrected chi connectivity index (χ3v) is 4.60. The van der Waals surface area contributed by atoms with Crippen molar-refractivity contribution in [2.24, 2.45) is 11.8 Å². The lowest BCUT2D eigenvalue weighted by atomic mass is 10.1. The molecule has 2 aromatic heterocycles. The van der Waals surface area contributed by atoms with Crippen molar-refractivity contribution < 1.29 is 20.1 Å². The number of rotatable bonds is 6. The van der Waals surface area contributed by atoms with E-state index in [-0.39, 0.29) is 5.95 Å². The van der Waals surface area contributed by atoms with Gasteiger partial charge in [-0.2, -0.15) is 9.97 Å². The van der Waals surface area contributed by atoms with Crippen molar-refractivity contribution in [3.05, 3.63) is 6.33 Å². The summed E-state index contributed by atoms with van der Waals surface area (Å²) in [5.74, 6) is 6.83. The average Bonchev–Trinajstić information content (AvgIpc) is 3.30. The van der Waals surface area contributed by atoms with E-state index in [2.05, 4.69) is 25.7 Å². The molecule has 7 N–H and O–H groups in total. The number of anilines is 2. The Kier molecular flexibility index (Phi) is 4.17. The topological polar surface area (TPSA) is 164 Å². The van der Waals surface area contributed by atoms with Crippen molar-refractivity contribution in [1.82, 2.24) is 19.5 Å². The first-order chi connectivity index (χ1) is 12.1. The minimum atomic E-state index is -1.22. The molecule has 4 rings (SSSR count). The molecule has 3 heterocycles. The summed E-state index contributed by atoms with van der Waals surface area (Å²) in [5.41, 5.74) is 3.32. The maximum Gasteiger partial charge on any atom is 0.241 e. The lowest BCUT2D eigenvalue weighted by molar-refractivity contribution is -0.0511. The normalized spacial score (nSPS) is 29.3. The maximum atomic E-state index is 10.2. The van der Waals surface area contributed by atoms with Crippen LogP contribution in [-0.4, -0.2) is 66.3 Å². The number of hydrogen-bond acceptors (Lipinski definition) is 10. The van der Waals surface area contributed by atoms with Crippen LogP contribution in [-0.2, 0) is 4.74 Å². The third-order valence-electron chi connectivity index (χ3n) is 4.60. The number of nitrogens with zero attached hydrogens (tertiary/aromatic N) is 4. The molecule has 2 aromatic rings. The summed E-state index contributed by atoms with van der Waals surface area (Å²) in [6.45, 7) is 0.386. The van der Waals surface area contributed by atoms with Gasteiger partial charge < -0.3 is 25.4 Å². The van der Waals surface area contributed by atoms with E-state index in [0.717, 1.165) is 6.54 Å². The molecule has 0 amide bonds. The molecule has 0 unspecified atom stereocenters. The summed E-state index contributed by atoms with van der Waals surface area (Å²) in [6.07, 6.45) is -0.369. The predicted molar refractivity (Wildman–Crippen MR) is 87.4 cm³/mol. The Morgan fingerprint density at radius 1 is 1.28 bits per heavy atom. The van der Waals surface area contributed by atoms with Gasteiger partial charge in [0.15, 0.2) is 23.2 Å². The Morgan fingerprint density at radius 2 is 2.08 bits per heavy atom. The summed E-state index contributed by atoms with van der Waals surface area (Å²) >= 11 is 0. The Morgan fingerprint density at radius 3 is 2.72 bits per heavy atom. The van der Waals surface area contributed by atoms with Crippen LogP contribution in [0.3, 0.4) is 0 Å². The van der Waals surface area contributed by atoms with Crippen molar-refractivity contribution in [1.29, 1.82) is 0 Å². The summed E-state index contributed by atoms with van der Waals surface area (Å²) in [5, 5.41) is 32.7. The number of nitrogens with two attached hydrogens (primary N) is 1. The molecule has 2 fully saturated rings. The summed E-state index contributed by atoms with van der Waals surface area (Å²) in [4.78, 5) is 12.9. The molecule has 25 heavy (non-hydrogen) atoms. The summed E-state index contributed by atoms with van der Waals surface area (Å²) < 4.78 is 7.05. The van der Waals surface area contributed by atoms with Crippen molar-refractivity contribution in [2.75, 3.05) is 23.9 Å². The Bertz CT molecular complexity index is 765. The number of aromatic nitrogens is 4. The highest BCUT2D eigenvalue weighted by Crippen LogP contribution is 2.33. The monoisotopic (exact) mass is 351 g/mol. The van der Waals surface area contributed by atoms with Crippen LogP contribution in [0.1, 0.15) is 19.1 Å². The number of aliphatic hydroxyl groups excluding tert-OH is 3. The Hall–Kier alpha value is -2.05. The smallest absolute Gasteiger partial charge is 0.241 e. The van der Waals surface area contributed by atoms with Gasteiger partial charge in [0, 0.05) is 6.54 Å². The van der Waals surface area contributed by atoms with Gasteiger partial charge in [-0.05, 0) is 18.8 Å². The zero-order chi connectivity index (χ0) is 17.6. The lowest BCUT2D eigenvalue weighted by Crippen LogP contribution is -2.33.